The van der Waals surface area contributed by atoms with Gasteiger partial charge in [0.05, 0.1) is 12.2 Å². The first-order chi connectivity index (χ1) is 10.2. The van der Waals surface area contributed by atoms with E-state index in [9.17, 15) is 10.2 Å². The van der Waals surface area contributed by atoms with Crippen LogP contribution >= 0.6 is 0 Å². The van der Waals surface area contributed by atoms with Gasteiger partial charge in [0.1, 0.15) is 11.4 Å². The first-order valence-corrected chi connectivity index (χ1v) is 6.38. The van der Waals surface area contributed by atoms with Gasteiger partial charge in [0.15, 0.2) is 0 Å². The molecule has 2 heterocycles. The maximum atomic E-state index is 9.89. The molecule has 2 aromatic heterocycles. The molecule has 0 bridgehead atoms. The summed E-state index contributed by atoms with van der Waals surface area (Å²) in [5.74, 6) is 0.551. The minimum Gasteiger partial charge on any atom is -0.507 e. The molecular weight excluding hydrogens is 270 g/mol. The van der Waals surface area contributed by atoms with E-state index in [0.29, 0.717) is 16.8 Å². The van der Waals surface area contributed by atoms with Crippen molar-refractivity contribution in [3.05, 3.63) is 47.7 Å². The summed E-state index contributed by atoms with van der Waals surface area (Å²) in [4.78, 5) is 8.41. The molecule has 0 aliphatic carbocycles. The van der Waals surface area contributed by atoms with Gasteiger partial charge in [-0.25, -0.2) is 0 Å². The zero-order valence-electron chi connectivity index (χ0n) is 11.3. The summed E-state index contributed by atoms with van der Waals surface area (Å²) in [6, 6.07) is 8.59. The summed E-state index contributed by atoms with van der Waals surface area (Å²) >= 11 is 0. The van der Waals surface area contributed by atoms with Crippen molar-refractivity contribution in [1.82, 2.24) is 15.1 Å². The average molecular weight is 283 g/mol. The van der Waals surface area contributed by atoms with Gasteiger partial charge in [-0.15, -0.1) is 0 Å². The molecule has 0 unspecified atom stereocenters. The van der Waals surface area contributed by atoms with Crippen LogP contribution in [0.3, 0.4) is 0 Å². The van der Waals surface area contributed by atoms with E-state index >= 15 is 0 Å². The number of aromatic nitrogens is 3. The molecule has 0 spiro atoms. The molecule has 0 saturated heterocycles. The average Bonchev–Trinajstić information content (AvgIpc) is 2.99. The van der Waals surface area contributed by atoms with Crippen LogP contribution in [0.1, 0.15) is 11.1 Å². The molecule has 0 aliphatic heterocycles. The molecule has 0 saturated carbocycles. The van der Waals surface area contributed by atoms with Crippen LogP contribution < -0.4 is 0 Å². The Balaban J connectivity index is 2.06. The fraction of sp³-hybridized carbons (Fsp3) is 0.133. The molecule has 0 atom stereocenters. The largest absolute Gasteiger partial charge is 0.507 e. The standard InChI is InChI=1S/C15H13N3O3/c1-9-4-5-12(20)11(7-9)15-17-14(18-21-15)13-10(8-19)3-2-6-16-13/h2-7,19-20H,8H2,1H3. The Morgan fingerprint density at radius 2 is 2.10 bits per heavy atom. The third-order valence-corrected chi connectivity index (χ3v) is 3.08. The summed E-state index contributed by atoms with van der Waals surface area (Å²) in [5, 5.41) is 23.1. The highest BCUT2D eigenvalue weighted by atomic mass is 16.5. The van der Waals surface area contributed by atoms with Crippen molar-refractivity contribution in [1.29, 1.82) is 0 Å². The van der Waals surface area contributed by atoms with Gasteiger partial charge in [-0.1, -0.05) is 22.9 Å². The summed E-state index contributed by atoms with van der Waals surface area (Å²) in [6.07, 6.45) is 1.59. The van der Waals surface area contributed by atoms with Gasteiger partial charge in [-0.3, -0.25) is 4.98 Å². The zero-order valence-corrected chi connectivity index (χ0v) is 11.3. The first-order valence-electron chi connectivity index (χ1n) is 6.38. The summed E-state index contributed by atoms with van der Waals surface area (Å²) in [6.45, 7) is 1.74. The summed E-state index contributed by atoms with van der Waals surface area (Å²) in [5.41, 5.74) is 2.51. The van der Waals surface area contributed by atoms with E-state index in [2.05, 4.69) is 15.1 Å². The Hall–Kier alpha value is -2.73. The van der Waals surface area contributed by atoms with E-state index in [4.69, 9.17) is 4.52 Å². The quantitative estimate of drug-likeness (QED) is 0.766. The molecule has 6 nitrogen and oxygen atoms in total. The number of aliphatic hydroxyl groups excluding tert-OH is 1. The van der Waals surface area contributed by atoms with E-state index in [1.165, 1.54) is 0 Å². The Morgan fingerprint density at radius 1 is 1.24 bits per heavy atom. The molecular formula is C15H13N3O3. The highest BCUT2D eigenvalue weighted by molar-refractivity contribution is 5.65. The number of aliphatic hydroxyl groups is 1. The van der Waals surface area contributed by atoms with Crippen LogP contribution in [0.2, 0.25) is 0 Å². The fourth-order valence-corrected chi connectivity index (χ4v) is 2.02. The minimum absolute atomic E-state index is 0.0687. The third kappa shape index (κ3) is 2.48. The number of rotatable bonds is 3. The lowest BCUT2D eigenvalue weighted by atomic mass is 10.1. The van der Waals surface area contributed by atoms with E-state index < -0.39 is 0 Å². The first kappa shape index (κ1) is 13.3. The molecule has 2 N–H and O–H groups in total. The Bertz CT molecular complexity index is 783. The lowest BCUT2D eigenvalue weighted by Crippen LogP contribution is -1.93. The molecule has 1 aromatic carbocycles. The predicted octanol–water partition coefficient (Wildman–Crippen LogP) is 2.30. The Labute approximate surface area is 120 Å². The summed E-state index contributed by atoms with van der Waals surface area (Å²) in [7, 11) is 0. The van der Waals surface area contributed by atoms with Crippen LogP contribution in [0.4, 0.5) is 0 Å². The third-order valence-electron chi connectivity index (χ3n) is 3.08. The van der Waals surface area contributed by atoms with Crippen LogP contribution in [0.25, 0.3) is 23.0 Å². The number of hydrogen-bond acceptors (Lipinski definition) is 6. The van der Waals surface area contributed by atoms with E-state index in [1.807, 2.05) is 6.92 Å². The SMILES string of the molecule is Cc1ccc(O)c(-c2nc(-c3ncccc3CO)no2)c1. The smallest absolute Gasteiger partial charge is 0.262 e. The molecule has 0 radical (unpaired) electrons. The molecule has 3 rings (SSSR count). The van der Waals surface area contributed by atoms with E-state index in [1.54, 1.807) is 36.5 Å². The predicted molar refractivity (Wildman–Crippen MR) is 75.3 cm³/mol. The highest BCUT2D eigenvalue weighted by Crippen LogP contribution is 2.30. The van der Waals surface area contributed by atoms with Crippen molar-refractivity contribution < 1.29 is 14.7 Å². The van der Waals surface area contributed by atoms with E-state index in [-0.39, 0.29) is 24.1 Å². The topological polar surface area (TPSA) is 92.3 Å². The second kappa shape index (κ2) is 5.34. The number of phenolic OH excluding ortho intramolecular Hbond substituents is 1. The Morgan fingerprint density at radius 3 is 2.90 bits per heavy atom. The molecule has 0 fully saturated rings. The Kier molecular flexibility index (Phi) is 3.37. The minimum atomic E-state index is -0.164. The van der Waals surface area contributed by atoms with Crippen molar-refractivity contribution >= 4 is 0 Å². The second-order valence-electron chi connectivity index (χ2n) is 4.61. The van der Waals surface area contributed by atoms with Crippen molar-refractivity contribution in [2.24, 2.45) is 0 Å². The van der Waals surface area contributed by atoms with Crippen LogP contribution in [0.5, 0.6) is 5.75 Å². The summed E-state index contributed by atoms with van der Waals surface area (Å²) < 4.78 is 5.20. The van der Waals surface area contributed by atoms with Gasteiger partial charge >= 0.3 is 0 Å². The second-order valence-corrected chi connectivity index (χ2v) is 4.61. The number of benzene rings is 1. The highest BCUT2D eigenvalue weighted by Gasteiger charge is 2.16. The molecule has 3 aromatic rings. The number of aromatic hydroxyl groups is 1. The van der Waals surface area contributed by atoms with E-state index in [0.717, 1.165) is 5.56 Å². The fourth-order valence-electron chi connectivity index (χ4n) is 2.02. The monoisotopic (exact) mass is 283 g/mol. The zero-order chi connectivity index (χ0) is 14.8. The van der Waals surface area contributed by atoms with Gasteiger partial charge in [-0.2, -0.15) is 4.98 Å². The van der Waals surface area contributed by atoms with Gasteiger partial charge < -0.3 is 14.7 Å². The van der Waals surface area contributed by atoms with Crippen LogP contribution in [-0.2, 0) is 6.61 Å². The molecule has 0 amide bonds. The van der Waals surface area contributed by atoms with Crippen LogP contribution in [-0.4, -0.2) is 25.3 Å². The normalized spacial score (nSPS) is 10.8. The van der Waals surface area contributed by atoms with Crippen LogP contribution in [0.15, 0.2) is 41.1 Å². The van der Waals surface area contributed by atoms with Gasteiger partial charge in [0.2, 0.25) is 5.82 Å². The van der Waals surface area contributed by atoms with Crippen molar-refractivity contribution in [3.8, 4) is 28.7 Å². The number of aryl methyl sites for hydroxylation is 1. The van der Waals surface area contributed by atoms with Gasteiger partial charge in [0, 0.05) is 11.8 Å². The lowest BCUT2D eigenvalue weighted by Gasteiger charge is -2.01. The van der Waals surface area contributed by atoms with Gasteiger partial charge in [0.25, 0.3) is 5.89 Å². The number of phenols is 1. The van der Waals surface area contributed by atoms with Crippen LogP contribution in [0, 0.1) is 6.92 Å². The lowest BCUT2D eigenvalue weighted by molar-refractivity contribution is 0.282. The van der Waals surface area contributed by atoms with Crippen molar-refractivity contribution in [2.75, 3.05) is 0 Å². The maximum Gasteiger partial charge on any atom is 0.262 e. The van der Waals surface area contributed by atoms with Gasteiger partial charge in [-0.05, 0) is 25.1 Å². The maximum absolute atomic E-state index is 9.89. The molecule has 106 valence electrons. The molecule has 0 aliphatic rings. The number of pyridine rings is 1. The molecule has 6 heteroatoms. The van der Waals surface area contributed by atoms with Crippen molar-refractivity contribution in [2.45, 2.75) is 13.5 Å². The number of nitrogens with zero attached hydrogens (tertiary/aromatic N) is 3. The number of hydrogen-bond donors (Lipinski definition) is 2. The van der Waals surface area contributed by atoms with Crippen molar-refractivity contribution in [3.63, 3.8) is 0 Å². The molecule has 21 heavy (non-hydrogen) atoms.